The Labute approximate surface area is 140 Å². The van der Waals surface area contributed by atoms with E-state index in [9.17, 15) is 0 Å². The van der Waals surface area contributed by atoms with E-state index in [1.165, 1.54) is 0 Å². The normalized spacial score (nSPS) is 11.7. The maximum absolute atomic E-state index is 4.84. The first-order valence-corrected chi connectivity index (χ1v) is 8.10. The Hall–Kier alpha value is -2.66. The van der Waals surface area contributed by atoms with Crippen LogP contribution in [0, 0.1) is 0 Å². The van der Waals surface area contributed by atoms with Gasteiger partial charge in [0.15, 0.2) is 0 Å². The Morgan fingerprint density at radius 2 is 1.78 bits per heavy atom. The second-order valence-electron chi connectivity index (χ2n) is 5.42. The number of benzene rings is 2. The molecule has 0 bridgehead atoms. The molecule has 0 aliphatic heterocycles. The summed E-state index contributed by atoms with van der Waals surface area (Å²) in [5.74, 6) is 0.896. The lowest BCUT2D eigenvalue weighted by Gasteiger charge is -2.03. The Bertz CT molecular complexity index is 1170. The maximum atomic E-state index is 4.84. The van der Waals surface area contributed by atoms with Crippen LogP contribution in [-0.4, -0.2) is 18.9 Å². The molecule has 0 radical (unpaired) electrons. The van der Waals surface area contributed by atoms with E-state index in [2.05, 4.69) is 54.1 Å². The molecule has 0 amide bonds. The van der Waals surface area contributed by atoms with Gasteiger partial charge in [0.25, 0.3) is 0 Å². The van der Waals surface area contributed by atoms with Crippen molar-refractivity contribution in [3.63, 3.8) is 0 Å². The van der Waals surface area contributed by atoms with E-state index >= 15 is 0 Å². The fourth-order valence-electron chi connectivity index (χ4n) is 3.11. The summed E-state index contributed by atoms with van der Waals surface area (Å²) >= 11 is 3.58. The van der Waals surface area contributed by atoms with Gasteiger partial charge in [-0.1, -0.05) is 28.1 Å². The number of fused-ring (bicyclic) bond motifs is 5. The van der Waals surface area contributed by atoms with Gasteiger partial charge in [-0.2, -0.15) is 0 Å². The van der Waals surface area contributed by atoms with Crippen molar-refractivity contribution in [1.82, 2.24) is 18.9 Å². The van der Waals surface area contributed by atoms with Crippen molar-refractivity contribution in [3.8, 4) is 5.69 Å². The second kappa shape index (κ2) is 4.67. The number of aromatic nitrogens is 4. The van der Waals surface area contributed by atoms with Gasteiger partial charge in [-0.05, 0) is 42.5 Å². The van der Waals surface area contributed by atoms with Crippen LogP contribution in [0.4, 0.5) is 0 Å². The summed E-state index contributed by atoms with van der Waals surface area (Å²) in [5.41, 5.74) is 5.32. The minimum atomic E-state index is 0.896. The summed E-state index contributed by atoms with van der Waals surface area (Å²) in [5, 5.41) is 0. The Morgan fingerprint density at radius 3 is 2.65 bits per heavy atom. The third-order valence-electron chi connectivity index (χ3n) is 4.07. The van der Waals surface area contributed by atoms with Gasteiger partial charge in [0.1, 0.15) is 0 Å². The third kappa shape index (κ3) is 1.77. The molecule has 23 heavy (non-hydrogen) atoms. The van der Waals surface area contributed by atoms with Gasteiger partial charge >= 0.3 is 0 Å². The zero-order valence-electron chi connectivity index (χ0n) is 12.0. The molecule has 0 saturated heterocycles. The monoisotopic (exact) mass is 362 g/mol. The largest absolute Gasteiger partial charge is 0.277 e. The summed E-state index contributed by atoms with van der Waals surface area (Å²) in [6.45, 7) is 0. The van der Waals surface area contributed by atoms with Gasteiger partial charge in [0, 0.05) is 10.7 Å². The molecule has 0 fully saturated rings. The van der Waals surface area contributed by atoms with Crippen molar-refractivity contribution in [2.45, 2.75) is 0 Å². The number of hydrogen-bond donors (Lipinski definition) is 0. The average molecular weight is 363 g/mol. The summed E-state index contributed by atoms with van der Waals surface area (Å²) in [4.78, 5) is 9.10. The number of para-hydroxylation sites is 2. The lowest BCUT2D eigenvalue weighted by atomic mass is 10.3. The summed E-state index contributed by atoms with van der Waals surface area (Å²) in [6, 6.07) is 18.5. The molecule has 0 spiro atoms. The minimum Gasteiger partial charge on any atom is -0.277 e. The van der Waals surface area contributed by atoms with E-state index < -0.39 is 0 Å². The van der Waals surface area contributed by atoms with Crippen molar-refractivity contribution >= 4 is 43.8 Å². The predicted molar refractivity (Wildman–Crippen MR) is 95.0 cm³/mol. The highest BCUT2D eigenvalue weighted by Crippen LogP contribution is 2.30. The minimum absolute atomic E-state index is 0.896. The van der Waals surface area contributed by atoms with E-state index in [-0.39, 0.29) is 0 Å². The first-order valence-electron chi connectivity index (χ1n) is 7.30. The van der Waals surface area contributed by atoms with Crippen LogP contribution in [-0.2, 0) is 0 Å². The van der Waals surface area contributed by atoms with E-state index in [4.69, 9.17) is 4.98 Å². The predicted octanol–water partition coefficient (Wildman–Crippen LogP) is 4.59. The SMILES string of the molecule is Brc1ccc2c(c1)n1c3ccccc3nc1n2-c1cccnc1. The van der Waals surface area contributed by atoms with Crippen LogP contribution < -0.4 is 0 Å². The number of rotatable bonds is 1. The lowest BCUT2D eigenvalue weighted by molar-refractivity contribution is 1.09. The number of nitrogens with zero attached hydrogens (tertiary/aromatic N) is 4. The van der Waals surface area contributed by atoms with E-state index in [1.54, 1.807) is 6.20 Å². The first-order chi connectivity index (χ1) is 11.3. The van der Waals surface area contributed by atoms with Crippen LogP contribution >= 0.6 is 15.9 Å². The Kier molecular flexibility index (Phi) is 2.60. The van der Waals surface area contributed by atoms with Gasteiger partial charge in [-0.25, -0.2) is 4.98 Å². The number of imidazole rings is 2. The first kappa shape index (κ1) is 12.8. The maximum Gasteiger partial charge on any atom is 0.220 e. The molecule has 3 heterocycles. The molecule has 5 rings (SSSR count). The summed E-state index contributed by atoms with van der Waals surface area (Å²) in [7, 11) is 0. The molecule has 0 aliphatic carbocycles. The van der Waals surface area contributed by atoms with Crippen LogP contribution in [0.5, 0.6) is 0 Å². The van der Waals surface area contributed by atoms with Crippen LogP contribution in [0.15, 0.2) is 71.5 Å². The fraction of sp³-hybridized carbons (Fsp3) is 0. The third-order valence-corrected chi connectivity index (χ3v) is 4.56. The highest BCUT2D eigenvalue weighted by Gasteiger charge is 2.16. The van der Waals surface area contributed by atoms with Crippen molar-refractivity contribution in [2.75, 3.05) is 0 Å². The summed E-state index contributed by atoms with van der Waals surface area (Å²) in [6.07, 6.45) is 3.64. The molecule has 0 aliphatic rings. The zero-order valence-corrected chi connectivity index (χ0v) is 13.6. The second-order valence-corrected chi connectivity index (χ2v) is 6.33. The molecular formula is C18H11BrN4. The molecule has 0 saturated carbocycles. The zero-order chi connectivity index (χ0) is 15.4. The van der Waals surface area contributed by atoms with Gasteiger partial charge in [0.2, 0.25) is 5.78 Å². The van der Waals surface area contributed by atoms with Crippen molar-refractivity contribution in [1.29, 1.82) is 0 Å². The van der Waals surface area contributed by atoms with Crippen LogP contribution in [0.25, 0.3) is 33.5 Å². The van der Waals surface area contributed by atoms with E-state index in [0.29, 0.717) is 0 Å². The molecule has 3 aromatic heterocycles. The fourth-order valence-corrected chi connectivity index (χ4v) is 3.46. The quantitative estimate of drug-likeness (QED) is 0.437. The molecule has 5 aromatic rings. The summed E-state index contributed by atoms with van der Waals surface area (Å²) < 4.78 is 5.39. The Balaban J connectivity index is 2.06. The Morgan fingerprint density at radius 1 is 0.870 bits per heavy atom. The van der Waals surface area contributed by atoms with Crippen LogP contribution in [0.1, 0.15) is 0 Å². The topological polar surface area (TPSA) is 35.1 Å². The van der Waals surface area contributed by atoms with Gasteiger partial charge in [-0.3, -0.25) is 14.0 Å². The molecule has 0 N–H and O–H groups in total. The van der Waals surface area contributed by atoms with Crippen molar-refractivity contribution in [3.05, 3.63) is 71.5 Å². The number of pyridine rings is 1. The van der Waals surface area contributed by atoms with E-state index in [1.807, 2.05) is 36.5 Å². The highest BCUT2D eigenvalue weighted by atomic mass is 79.9. The standard InChI is InChI=1S/C18H11BrN4/c19-12-7-8-16-17(10-12)23-15-6-2-1-5-14(15)21-18(23)22(16)13-4-3-9-20-11-13/h1-11H. The number of hydrogen-bond acceptors (Lipinski definition) is 2. The molecule has 2 aromatic carbocycles. The lowest BCUT2D eigenvalue weighted by Crippen LogP contribution is -1.95. The van der Waals surface area contributed by atoms with E-state index in [0.717, 1.165) is 38.0 Å². The molecule has 110 valence electrons. The highest BCUT2D eigenvalue weighted by molar-refractivity contribution is 9.10. The van der Waals surface area contributed by atoms with Crippen molar-refractivity contribution < 1.29 is 0 Å². The molecule has 4 nitrogen and oxygen atoms in total. The van der Waals surface area contributed by atoms with Gasteiger partial charge < -0.3 is 0 Å². The van der Waals surface area contributed by atoms with Gasteiger partial charge in [0.05, 0.1) is 34.0 Å². The van der Waals surface area contributed by atoms with Crippen molar-refractivity contribution in [2.24, 2.45) is 0 Å². The number of halogens is 1. The van der Waals surface area contributed by atoms with Crippen LogP contribution in [0.2, 0.25) is 0 Å². The molecule has 5 heteroatoms. The molecule has 0 atom stereocenters. The van der Waals surface area contributed by atoms with Crippen LogP contribution in [0.3, 0.4) is 0 Å². The molecular weight excluding hydrogens is 352 g/mol. The smallest absolute Gasteiger partial charge is 0.220 e. The van der Waals surface area contributed by atoms with Gasteiger partial charge in [-0.15, -0.1) is 0 Å². The average Bonchev–Trinajstić information content (AvgIpc) is 3.10. The molecule has 0 unspecified atom stereocenters.